The SMILES string of the molecule is CC.O=C(O)C1CCCc2cc(-c3c(F)cccc3F)nnc21. The molecule has 0 aliphatic heterocycles. The first-order valence-corrected chi connectivity index (χ1v) is 7.61. The molecule has 0 spiro atoms. The van der Waals surface area contributed by atoms with E-state index in [1.807, 2.05) is 13.8 Å². The van der Waals surface area contributed by atoms with Gasteiger partial charge in [0, 0.05) is 0 Å². The number of hydrogen-bond donors (Lipinski definition) is 1. The van der Waals surface area contributed by atoms with Crippen LogP contribution in [0.3, 0.4) is 0 Å². The fourth-order valence-corrected chi connectivity index (χ4v) is 2.67. The van der Waals surface area contributed by atoms with Crippen molar-refractivity contribution in [1.29, 1.82) is 0 Å². The molecule has 6 heteroatoms. The van der Waals surface area contributed by atoms with E-state index in [0.717, 1.165) is 12.1 Å². The number of fused-ring (bicyclic) bond motifs is 1. The van der Waals surface area contributed by atoms with Gasteiger partial charge in [0.2, 0.25) is 0 Å². The van der Waals surface area contributed by atoms with Gasteiger partial charge in [0.25, 0.3) is 0 Å². The van der Waals surface area contributed by atoms with E-state index in [1.54, 1.807) is 6.07 Å². The van der Waals surface area contributed by atoms with Crippen LogP contribution in [0.2, 0.25) is 0 Å². The zero-order valence-electron chi connectivity index (χ0n) is 13.0. The molecule has 1 heterocycles. The summed E-state index contributed by atoms with van der Waals surface area (Å²) in [6.07, 6.45) is 1.84. The minimum absolute atomic E-state index is 0.0930. The zero-order chi connectivity index (χ0) is 17.0. The van der Waals surface area contributed by atoms with Crippen molar-refractivity contribution in [2.24, 2.45) is 0 Å². The number of carboxylic acids is 1. The van der Waals surface area contributed by atoms with Crippen LogP contribution in [0.25, 0.3) is 11.3 Å². The second-order valence-corrected chi connectivity index (χ2v) is 5.02. The average Bonchev–Trinajstić information content (AvgIpc) is 2.55. The zero-order valence-corrected chi connectivity index (χ0v) is 13.0. The maximum Gasteiger partial charge on any atom is 0.312 e. The van der Waals surface area contributed by atoms with Crippen molar-refractivity contribution >= 4 is 5.97 Å². The quantitative estimate of drug-likeness (QED) is 0.910. The van der Waals surface area contributed by atoms with Crippen molar-refractivity contribution in [2.45, 2.75) is 39.0 Å². The number of rotatable bonds is 2. The summed E-state index contributed by atoms with van der Waals surface area (Å²) in [5, 5.41) is 16.9. The van der Waals surface area contributed by atoms with Crippen molar-refractivity contribution in [3.8, 4) is 11.3 Å². The lowest BCUT2D eigenvalue weighted by Crippen LogP contribution is -2.20. The highest BCUT2D eigenvalue weighted by atomic mass is 19.1. The summed E-state index contributed by atoms with van der Waals surface area (Å²) in [4.78, 5) is 11.2. The molecule has 0 radical (unpaired) electrons. The molecule has 1 aromatic carbocycles. The third-order valence-corrected chi connectivity index (χ3v) is 3.69. The van der Waals surface area contributed by atoms with Gasteiger partial charge in [-0.15, -0.1) is 5.10 Å². The molecule has 1 aromatic heterocycles. The molecule has 0 bridgehead atoms. The summed E-state index contributed by atoms with van der Waals surface area (Å²) in [5.41, 5.74) is 0.955. The highest BCUT2D eigenvalue weighted by Crippen LogP contribution is 2.32. The predicted octanol–water partition coefficient (Wildman–Crippen LogP) is 3.95. The molecule has 1 aliphatic carbocycles. The standard InChI is InChI=1S/C15H12F2N2O2.C2H6/c16-10-5-2-6-11(17)13(10)12-7-8-3-1-4-9(15(20)21)14(8)19-18-12;1-2/h2,5-7,9H,1,3-4H2,(H,20,21);1-2H3. The molecule has 4 nitrogen and oxygen atoms in total. The van der Waals surface area contributed by atoms with Gasteiger partial charge < -0.3 is 5.11 Å². The summed E-state index contributed by atoms with van der Waals surface area (Å²) >= 11 is 0. The van der Waals surface area contributed by atoms with E-state index in [2.05, 4.69) is 10.2 Å². The first-order chi connectivity index (χ1) is 11.1. The number of aryl methyl sites for hydroxylation is 1. The van der Waals surface area contributed by atoms with Crippen LogP contribution in [0.5, 0.6) is 0 Å². The van der Waals surface area contributed by atoms with Crippen molar-refractivity contribution in [1.82, 2.24) is 10.2 Å². The van der Waals surface area contributed by atoms with Crippen LogP contribution in [0.1, 0.15) is 43.9 Å². The molecular weight excluding hydrogens is 302 g/mol. The van der Waals surface area contributed by atoms with Gasteiger partial charge in [-0.3, -0.25) is 4.79 Å². The summed E-state index contributed by atoms with van der Waals surface area (Å²) in [6, 6.07) is 5.12. The van der Waals surface area contributed by atoms with Crippen molar-refractivity contribution < 1.29 is 18.7 Å². The van der Waals surface area contributed by atoms with Gasteiger partial charge in [-0.2, -0.15) is 5.10 Å². The van der Waals surface area contributed by atoms with E-state index in [1.165, 1.54) is 6.07 Å². The average molecular weight is 320 g/mol. The maximum atomic E-state index is 13.8. The summed E-state index contributed by atoms with van der Waals surface area (Å²) < 4.78 is 27.5. The van der Waals surface area contributed by atoms with Crippen molar-refractivity contribution in [3.63, 3.8) is 0 Å². The lowest BCUT2D eigenvalue weighted by Gasteiger charge is -2.20. The highest BCUT2D eigenvalue weighted by Gasteiger charge is 2.29. The number of hydrogen-bond acceptors (Lipinski definition) is 3. The first kappa shape index (κ1) is 17.0. The number of benzene rings is 1. The number of carbonyl (C=O) groups is 1. The third kappa shape index (κ3) is 3.36. The largest absolute Gasteiger partial charge is 0.481 e. The van der Waals surface area contributed by atoms with E-state index in [9.17, 15) is 18.7 Å². The monoisotopic (exact) mass is 320 g/mol. The van der Waals surface area contributed by atoms with E-state index in [4.69, 9.17) is 0 Å². The van der Waals surface area contributed by atoms with E-state index < -0.39 is 23.5 Å². The molecule has 1 N–H and O–H groups in total. The lowest BCUT2D eigenvalue weighted by molar-refractivity contribution is -0.139. The van der Waals surface area contributed by atoms with Crippen LogP contribution in [0.15, 0.2) is 24.3 Å². The molecule has 1 aliphatic rings. The molecule has 1 unspecified atom stereocenters. The lowest BCUT2D eigenvalue weighted by atomic mass is 9.86. The molecule has 0 saturated heterocycles. The number of aromatic nitrogens is 2. The Bertz CT molecular complexity index is 699. The van der Waals surface area contributed by atoms with Crippen molar-refractivity contribution in [2.75, 3.05) is 0 Å². The minimum atomic E-state index is -0.949. The molecule has 0 amide bonds. The normalized spacial score (nSPS) is 16.1. The van der Waals surface area contributed by atoms with E-state index >= 15 is 0 Å². The fourth-order valence-electron chi connectivity index (χ4n) is 2.67. The van der Waals surface area contributed by atoms with Gasteiger partial charge in [-0.25, -0.2) is 8.78 Å². The molecule has 3 rings (SSSR count). The Morgan fingerprint density at radius 1 is 1.22 bits per heavy atom. The number of aliphatic carboxylic acids is 1. The minimum Gasteiger partial charge on any atom is -0.481 e. The van der Waals surface area contributed by atoms with Gasteiger partial charge in [-0.05, 0) is 43.0 Å². The molecule has 23 heavy (non-hydrogen) atoms. The maximum absolute atomic E-state index is 13.8. The summed E-state index contributed by atoms with van der Waals surface area (Å²) in [7, 11) is 0. The van der Waals surface area contributed by atoms with E-state index in [0.29, 0.717) is 30.5 Å². The highest BCUT2D eigenvalue weighted by molar-refractivity contribution is 5.76. The second-order valence-electron chi connectivity index (χ2n) is 5.02. The van der Waals surface area contributed by atoms with Crippen LogP contribution >= 0.6 is 0 Å². The van der Waals surface area contributed by atoms with Crippen LogP contribution in [-0.4, -0.2) is 21.3 Å². The Morgan fingerprint density at radius 3 is 2.48 bits per heavy atom. The molecule has 122 valence electrons. The molecular formula is C17H18F2N2O2. The smallest absolute Gasteiger partial charge is 0.312 e. The molecule has 2 aromatic rings. The van der Waals surface area contributed by atoms with Crippen LogP contribution in [0, 0.1) is 11.6 Å². The van der Waals surface area contributed by atoms with Crippen LogP contribution < -0.4 is 0 Å². The third-order valence-electron chi connectivity index (χ3n) is 3.69. The molecule has 0 fully saturated rings. The summed E-state index contributed by atoms with van der Waals surface area (Å²) in [6.45, 7) is 4.00. The Balaban J connectivity index is 0.000000924. The number of carboxylic acid groups (broad SMARTS) is 1. The van der Waals surface area contributed by atoms with E-state index in [-0.39, 0.29) is 11.3 Å². The first-order valence-electron chi connectivity index (χ1n) is 7.61. The number of nitrogens with zero attached hydrogens (tertiary/aromatic N) is 2. The number of halogens is 2. The Labute approximate surface area is 133 Å². The van der Waals surface area contributed by atoms with Gasteiger partial charge in [0.15, 0.2) is 0 Å². The van der Waals surface area contributed by atoms with Gasteiger partial charge in [0.1, 0.15) is 17.6 Å². The van der Waals surface area contributed by atoms with Gasteiger partial charge in [-0.1, -0.05) is 19.9 Å². The van der Waals surface area contributed by atoms with Crippen molar-refractivity contribution in [3.05, 3.63) is 47.2 Å². The Hall–Kier alpha value is -2.37. The second kappa shape index (κ2) is 7.26. The Kier molecular flexibility index (Phi) is 5.36. The van der Waals surface area contributed by atoms with Crippen LogP contribution in [-0.2, 0) is 11.2 Å². The predicted molar refractivity (Wildman–Crippen MR) is 82.0 cm³/mol. The fraction of sp³-hybridized carbons (Fsp3) is 0.353. The van der Waals surface area contributed by atoms with Gasteiger partial charge >= 0.3 is 5.97 Å². The van der Waals surface area contributed by atoms with Gasteiger partial charge in [0.05, 0.1) is 17.0 Å². The summed E-state index contributed by atoms with van der Waals surface area (Å²) in [5.74, 6) is -3.07. The molecule has 1 atom stereocenters. The topological polar surface area (TPSA) is 63.1 Å². The Morgan fingerprint density at radius 2 is 1.87 bits per heavy atom. The molecule has 0 saturated carbocycles. The van der Waals surface area contributed by atoms with Crippen LogP contribution in [0.4, 0.5) is 8.78 Å².